The normalized spacial score (nSPS) is 19.1. The number of fused-ring (bicyclic) bond motifs is 2. The van der Waals surface area contributed by atoms with E-state index in [1.807, 2.05) is 43.3 Å². The first kappa shape index (κ1) is 23.7. The molecule has 0 unspecified atom stereocenters. The summed E-state index contributed by atoms with van der Waals surface area (Å²) in [7, 11) is 0. The minimum atomic E-state index is -0.411. The van der Waals surface area contributed by atoms with Crippen molar-refractivity contribution in [2.24, 2.45) is 11.8 Å². The Kier molecular flexibility index (Phi) is 6.72. The molecule has 0 heterocycles. The van der Waals surface area contributed by atoms with E-state index in [0.717, 1.165) is 30.4 Å². The first-order valence-corrected chi connectivity index (χ1v) is 12.5. The number of Topliss-reactive ketones (excluding diaryl/α,β-unsaturated/α-hetero) is 1. The lowest BCUT2D eigenvalue weighted by Crippen LogP contribution is -2.25. The van der Waals surface area contributed by atoms with E-state index in [9.17, 15) is 9.18 Å². The maximum absolute atomic E-state index is 14.7. The Labute approximate surface area is 214 Å². The Morgan fingerprint density at radius 3 is 2.51 bits per heavy atom. The van der Waals surface area contributed by atoms with Gasteiger partial charge in [0, 0.05) is 34.6 Å². The molecule has 178 valence electrons. The molecule has 3 aromatic rings. The van der Waals surface area contributed by atoms with E-state index in [-0.39, 0.29) is 22.9 Å². The van der Waals surface area contributed by atoms with Gasteiger partial charge in [-0.2, -0.15) is 0 Å². The molecule has 35 heavy (non-hydrogen) atoms. The second-order valence-corrected chi connectivity index (χ2v) is 9.70. The summed E-state index contributed by atoms with van der Waals surface area (Å²) in [5, 5.41) is 0.292. The van der Waals surface area contributed by atoms with E-state index in [4.69, 9.17) is 33.3 Å². The van der Waals surface area contributed by atoms with Crippen LogP contribution < -0.4 is 4.74 Å². The maximum Gasteiger partial charge on any atom is 0.363 e. The number of allylic oxidation sites excluding steroid dienone is 2. The molecule has 2 atom stereocenters. The number of ether oxygens (including phenoxy) is 2. The lowest BCUT2D eigenvalue weighted by molar-refractivity contribution is -0.117. The predicted molar refractivity (Wildman–Crippen MR) is 140 cm³/mol. The number of carbonyl (C=O) groups is 1. The average Bonchev–Trinajstić information content (AvgIpc) is 3.30. The number of ketones is 1. The average molecular weight is 507 g/mol. The summed E-state index contributed by atoms with van der Waals surface area (Å²) in [6, 6.07) is 19.5. The zero-order valence-electron chi connectivity index (χ0n) is 19.2. The standard InChI is InChI=1S/C29H24ClFO3S/c1-2-17-8-9-18(23-13-12-21(30)16-25(23)31)15-24(17)26-27(32)19-10-11-20(14-19)28(26)34-29(35)33-22-6-4-3-5-7-22/h3-9,12-13,15-16,19-20H,2,10-11,14H2,1H3/t19-,20-/m1/s1. The van der Waals surface area contributed by atoms with Crippen LogP contribution in [0, 0.1) is 17.7 Å². The molecule has 0 saturated heterocycles. The number of carbonyl (C=O) groups excluding carboxylic acids is 1. The zero-order chi connectivity index (χ0) is 24.5. The van der Waals surface area contributed by atoms with E-state index >= 15 is 0 Å². The van der Waals surface area contributed by atoms with E-state index < -0.39 is 5.82 Å². The monoisotopic (exact) mass is 506 g/mol. The molecule has 1 fully saturated rings. The topological polar surface area (TPSA) is 35.5 Å². The van der Waals surface area contributed by atoms with Gasteiger partial charge in [-0.05, 0) is 78.8 Å². The van der Waals surface area contributed by atoms with Crippen LogP contribution >= 0.6 is 23.8 Å². The van der Waals surface area contributed by atoms with Crippen LogP contribution in [0.4, 0.5) is 4.39 Å². The Morgan fingerprint density at radius 1 is 1.00 bits per heavy atom. The number of halogens is 2. The van der Waals surface area contributed by atoms with Crippen molar-refractivity contribution in [3.8, 4) is 16.9 Å². The van der Waals surface area contributed by atoms with Gasteiger partial charge in [-0.1, -0.05) is 48.9 Å². The van der Waals surface area contributed by atoms with Gasteiger partial charge >= 0.3 is 5.24 Å². The van der Waals surface area contributed by atoms with Crippen molar-refractivity contribution < 1.29 is 18.7 Å². The molecule has 5 rings (SSSR count). The summed E-state index contributed by atoms with van der Waals surface area (Å²) in [5.41, 5.74) is 3.39. The molecule has 2 aliphatic carbocycles. The third kappa shape index (κ3) is 4.75. The molecule has 1 saturated carbocycles. The van der Waals surface area contributed by atoms with Crippen molar-refractivity contribution in [1.82, 2.24) is 0 Å². The third-order valence-corrected chi connectivity index (χ3v) is 7.21. The number of hydrogen-bond acceptors (Lipinski definition) is 4. The summed E-state index contributed by atoms with van der Waals surface area (Å²) in [6.07, 6.45) is 3.14. The maximum atomic E-state index is 14.7. The zero-order valence-corrected chi connectivity index (χ0v) is 20.8. The summed E-state index contributed by atoms with van der Waals surface area (Å²) >= 11 is 11.4. The highest BCUT2D eigenvalue weighted by atomic mass is 35.5. The van der Waals surface area contributed by atoms with Gasteiger partial charge in [0.25, 0.3) is 0 Å². The number of rotatable bonds is 5. The fourth-order valence-electron chi connectivity index (χ4n) is 5.09. The van der Waals surface area contributed by atoms with Crippen LogP contribution in [-0.2, 0) is 16.0 Å². The van der Waals surface area contributed by atoms with Crippen molar-refractivity contribution in [2.75, 3.05) is 0 Å². The molecule has 0 spiro atoms. The quantitative estimate of drug-likeness (QED) is 0.331. The summed E-state index contributed by atoms with van der Waals surface area (Å²) < 4.78 is 26.6. The van der Waals surface area contributed by atoms with Crippen molar-refractivity contribution in [1.29, 1.82) is 0 Å². The number of para-hydroxylation sites is 1. The molecule has 0 amide bonds. The molecule has 3 aromatic carbocycles. The highest BCUT2D eigenvalue weighted by Gasteiger charge is 2.43. The van der Waals surface area contributed by atoms with Crippen LogP contribution in [0.5, 0.6) is 5.75 Å². The van der Waals surface area contributed by atoms with E-state index in [1.54, 1.807) is 24.3 Å². The number of hydrogen-bond donors (Lipinski definition) is 0. The van der Waals surface area contributed by atoms with Crippen LogP contribution in [0.25, 0.3) is 16.7 Å². The highest BCUT2D eigenvalue weighted by Crippen LogP contribution is 2.48. The fourth-order valence-corrected chi connectivity index (χ4v) is 5.44. The van der Waals surface area contributed by atoms with Gasteiger partial charge in [-0.3, -0.25) is 4.79 Å². The van der Waals surface area contributed by atoms with E-state index in [0.29, 0.717) is 39.7 Å². The van der Waals surface area contributed by atoms with E-state index in [2.05, 4.69) is 0 Å². The van der Waals surface area contributed by atoms with Gasteiger partial charge in [0.1, 0.15) is 17.3 Å². The van der Waals surface area contributed by atoms with Crippen molar-refractivity contribution >= 4 is 40.4 Å². The molecular formula is C29H24ClFO3S. The SMILES string of the molecule is CCc1ccc(-c2ccc(Cl)cc2F)cc1C1=C(OC(=S)Oc2ccccc2)[C@@H]2CC[C@H](C2)C1=O. The van der Waals surface area contributed by atoms with Crippen LogP contribution in [-0.4, -0.2) is 11.0 Å². The first-order valence-electron chi connectivity index (χ1n) is 11.8. The molecule has 0 aliphatic heterocycles. The van der Waals surface area contributed by atoms with Gasteiger partial charge in [0.05, 0.1) is 5.57 Å². The first-order chi connectivity index (χ1) is 16.9. The second-order valence-electron chi connectivity index (χ2n) is 8.93. The minimum absolute atomic E-state index is 0.0356. The molecule has 2 bridgehead atoms. The number of benzene rings is 3. The van der Waals surface area contributed by atoms with Crippen molar-refractivity contribution in [3.05, 3.63) is 94.5 Å². The van der Waals surface area contributed by atoms with Gasteiger partial charge in [-0.25, -0.2) is 4.39 Å². The molecule has 6 heteroatoms. The molecule has 2 aliphatic rings. The Hall–Kier alpha value is -3.02. The smallest absolute Gasteiger partial charge is 0.363 e. The predicted octanol–water partition coefficient (Wildman–Crippen LogP) is 7.80. The lowest BCUT2D eigenvalue weighted by atomic mass is 9.81. The van der Waals surface area contributed by atoms with Crippen LogP contribution in [0.1, 0.15) is 37.3 Å². The molecule has 0 radical (unpaired) electrons. The van der Waals surface area contributed by atoms with Crippen LogP contribution in [0.3, 0.4) is 0 Å². The minimum Gasteiger partial charge on any atom is -0.421 e. The lowest BCUT2D eigenvalue weighted by Gasteiger charge is -2.27. The second kappa shape index (κ2) is 9.92. The Balaban J connectivity index is 1.59. The van der Waals surface area contributed by atoms with Crippen molar-refractivity contribution in [2.45, 2.75) is 32.6 Å². The van der Waals surface area contributed by atoms with Crippen LogP contribution in [0.2, 0.25) is 5.02 Å². The number of thiocarbonyl (C=S) groups is 1. The Bertz CT molecular complexity index is 1340. The highest BCUT2D eigenvalue weighted by molar-refractivity contribution is 7.79. The third-order valence-electron chi connectivity index (χ3n) is 6.81. The Morgan fingerprint density at radius 2 is 1.77 bits per heavy atom. The summed E-state index contributed by atoms with van der Waals surface area (Å²) in [5.74, 6) is 0.830. The van der Waals surface area contributed by atoms with Gasteiger partial charge in [0.2, 0.25) is 0 Å². The van der Waals surface area contributed by atoms with Gasteiger partial charge in [0.15, 0.2) is 5.78 Å². The number of aryl methyl sites for hydroxylation is 1. The molecular weight excluding hydrogens is 483 g/mol. The largest absolute Gasteiger partial charge is 0.421 e. The van der Waals surface area contributed by atoms with E-state index in [1.165, 1.54) is 6.07 Å². The summed E-state index contributed by atoms with van der Waals surface area (Å²) in [6.45, 7) is 2.04. The summed E-state index contributed by atoms with van der Waals surface area (Å²) in [4.78, 5) is 13.6. The molecule has 0 N–H and O–H groups in total. The van der Waals surface area contributed by atoms with Gasteiger partial charge in [-0.15, -0.1) is 0 Å². The van der Waals surface area contributed by atoms with Crippen molar-refractivity contribution in [3.63, 3.8) is 0 Å². The fraction of sp³-hybridized carbons (Fsp3) is 0.241. The van der Waals surface area contributed by atoms with Crippen LogP contribution in [0.15, 0.2) is 72.5 Å². The molecule has 0 aromatic heterocycles. The van der Waals surface area contributed by atoms with Gasteiger partial charge < -0.3 is 9.47 Å². The molecule has 3 nitrogen and oxygen atoms in total.